The molecule has 0 aliphatic rings. The zero-order valence-corrected chi connectivity index (χ0v) is 6.02. The van der Waals surface area contributed by atoms with E-state index in [4.69, 9.17) is 5.11 Å². The van der Waals surface area contributed by atoms with E-state index in [0.29, 0.717) is 5.69 Å². The van der Waals surface area contributed by atoms with Gasteiger partial charge in [-0.2, -0.15) is 4.99 Å². The SMILES string of the molecule is O=C=Nc1cccc(C(=O)O)c1. The molecule has 0 bridgehead atoms. The van der Waals surface area contributed by atoms with Crippen molar-refractivity contribution >= 4 is 17.7 Å². The molecular weight excluding hydrogens is 158 g/mol. The lowest BCUT2D eigenvalue weighted by molar-refractivity contribution is 0.0697. The van der Waals surface area contributed by atoms with E-state index < -0.39 is 5.97 Å². The third-order valence-corrected chi connectivity index (χ3v) is 1.27. The summed E-state index contributed by atoms with van der Waals surface area (Å²) in [6.07, 6.45) is 1.33. The number of carboxylic acids is 1. The molecule has 1 N–H and O–H groups in total. The summed E-state index contributed by atoms with van der Waals surface area (Å²) in [6.45, 7) is 0. The quantitative estimate of drug-likeness (QED) is 0.528. The number of hydrogen-bond acceptors (Lipinski definition) is 3. The van der Waals surface area contributed by atoms with E-state index in [1.54, 1.807) is 0 Å². The first-order valence-corrected chi connectivity index (χ1v) is 3.15. The van der Waals surface area contributed by atoms with Gasteiger partial charge in [0.2, 0.25) is 6.08 Å². The molecule has 0 heterocycles. The van der Waals surface area contributed by atoms with E-state index in [9.17, 15) is 9.59 Å². The van der Waals surface area contributed by atoms with Crippen molar-refractivity contribution in [3.8, 4) is 0 Å². The molecule has 0 atom stereocenters. The Morgan fingerprint density at radius 1 is 1.50 bits per heavy atom. The number of aliphatic imine (C=N–C) groups is 1. The lowest BCUT2D eigenvalue weighted by atomic mass is 10.2. The van der Waals surface area contributed by atoms with Crippen LogP contribution in [0, 0.1) is 0 Å². The number of rotatable bonds is 2. The van der Waals surface area contributed by atoms with E-state index in [0.717, 1.165) is 0 Å². The summed E-state index contributed by atoms with van der Waals surface area (Å²) in [7, 11) is 0. The molecule has 0 spiro atoms. The summed E-state index contributed by atoms with van der Waals surface area (Å²) < 4.78 is 0. The molecule has 0 saturated carbocycles. The van der Waals surface area contributed by atoms with E-state index in [1.165, 1.54) is 30.3 Å². The highest BCUT2D eigenvalue weighted by molar-refractivity contribution is 5.88. The van der Waals surface area contributed by atoms with Gasteiger partial charge in [-0.25, -0.2) is 9.59 Å². The van der Waals surface area contributed by atoms with Crippen molar-refractivity contribution in [1.29, 1.82) is 0 Å². The number of carbonyl (C=O) groups excluding carboxylic acids is 1. The maximum absolute atomic E-state index is 10.4. The van der Waals surface area contributed by atoms with E-state index in [1.807, 2.05) is 0 Å². The van der Waals surface area contributed by atoms with Crippen molar-refractivity contribution in [3.63, 3.8) is 0 Å². The third-order valence-electron chi connectivity index (χ3n) is 1.27. The predicted molar refractivity (Wildman–Crippen MR) is 41.2 cm³/mol. The minimum Gasteiger partial charge on any atom is -0.478 e. The highest BCUT2D eigenvalue weighted by atomic mass is 16.4. The summed E-state index contributed by atoms with van der Waals surface area (Å²) in [5.41, 5.74) is 0.399. The molecule has 0 saturated heterocycles. The Morgan fingerprint density at radius 3 is 2.83 bits per heavy atom. The van der Waals surface area contributed by atoms with Crippen molar-refractivity contribution < 1.29 is 14.7 Å². The smallest absolute Gasteiger partial charge is 0.335 e. The molecule has 0 aromatic heterocycles. The van der Waals surface area contributed by atoms with Gasteiger partial charge in [0.15, 0.2) is 0 Å². The predicted octanol–water partition coefficient (Wildman–Crippen LogP) is 1.35. The molecule has 60 valence electrons. The topological polar surface area (TPSA) is 66.7 Å². The van der Waals surface area contributed by atoms with Crippen LogP contribution in [0.3, 0.4) is 0 Å². The molecule has 0 aliphatic carbocycles. The van der Waals surface area contributed by atoms with Gasteiger partial charge in [-0.3, -0.25) is 0 Å². The Morgan fingerprint density at radius 2 is 2.25 bits per heavy atom. The second-order valence-corrected chi connectivity index (χ2v) is 2.06. The van der Waals surface area contributed by atoms with Gasteiger partial charge in [0.05, 0.1) is 11.3 Å². The lowest BCUT2D eigenvalue weighted by Crippen LogP contribution is -1.94. The molecular formula is C8H5NO3. The minimum atomic E-state index is -1.04. The molecule has 0 fully saturated rings. The fourth-order valence-corrected chi connectivity index (χ4v) is 0.761. The van der Waals surface area contributed by atoms with Crippen molar-refractivity contribution in [1.82, 2.24) is 0 Å². The van der Waals surface area contributed by atoms with Gasteiger partial charge < -0.3 is 5.11 Å². The van der Waals surface area contributed by atoms with Crippen LogP contribution in [0.25, 0.3) is 0 Å². The van der Waals surface area contributed by atoms with Crippen molar-refractivity contribution in [2.45, 2.75) is 0 Å². The van der Waals surface area contributed by atoms with Crippen molar-refractivity contribution in [2.24, 2.45) is 4.99 Å². The van der Waals surface area contributed by atoms with Gasteiger partial charge in [0, 0.05) is 0 Å². The molecule has 4 heteroatoms. The standard InChI is InChI=1S/C8H5NO3/c10-5-9-7-3-1-2-6(4-7)8(11)12/h1-4H,(H,11,12). The second kappa shape index (κ2) is 3.46. The molecule has 1 rings (SSSR count). The first-order chi connectivity index (χ1) is 5.74. The van der Waals surface area contributed by atoms with Crippen LogP contribution in [0.1, 0.15) is 10.4 Å². The number of isocyanates is 1. The minimum absolute atomic E-state index is 0.103. The van der Waals surface area contributed by atoms with Crippen LogP contribution in [-0.4, -0.2) is 17.2 Å². The third kappa shape index (κ3) is 1.78. The van der Waals surface area contributed by atoms with Gasteiger partial charge in [-0.05, 0) is 18.2 Å². The molecule has 4 nitrogen and oxygen atoms in total. The Kier molecular flexibility index (Phi) is 2.35. The summed E-state index contributed by atoms with van der Waals surface area (Å²) >= 11 is 0. The van der Waals surface area contributed by atoms with Crippen LogP contribution >= 0.6 is 0 Å². The summed E-state index contributed by atoms with van der Waals surface area (Å²) in [5.74, 6) is -1.04. The molecule has 0 unspecified atom stereocenters. The summed E-state index contributed by atoms with van der Waals surface area (Å²) in [4.78, 5) is 23.5. The highest BCUT2D eigenvalue weighted by Gasteiger charge is 2.01. The number of carboxylic acid groups (broad SMARTS) is 1. The zero-order chi connectivity index (χ0) is 8.97. The van der Waals surface area contributed by atoms with Crippen LogP contribution in [0.15, 0.2) is 29.3 Å². The van der Waals surface area contributed by atoms with Crippen molar-refractivity contribution in [2.75, 3.05) is 0 Å². The normalized spacial score (nSPS) is 8.67. The number of nitrogens with zero attached hydrogens (tertiary/aromatic N) is 1. The number of aromatic carboxylic acids is 1. The fraction of sp³-hybridized carbons (Fsp3) is 0. The van der Waals surface area contributed by atoms with Crippen LogP contribution in [0.2, 0.25) is 0 Å². The number of hydrogen-bond donors (Lipinski definition) is 1. The maximum Gasteiger partial charge on any atom is 0.335 e. The molecule has 1 aromatic rings. The van der Waals surface area contributed by atoms with Gasteiger partial charge in [-0.15, -0.1) is 0 Å². The van der Waals surface area contributed by atoms with E-state index >= 15 is 0 Å². The Bertz CT molecular complexity index is 336. The molecule has 1 aromatic carbocycles. The largest absolute Gasteiger partial charge is 0.478 e. The van der Waals surface area contributed by atoms with Crippen LogP contribution in [0.4, 0.5) is 5.69 Å². The Hall–Kier alpha value is -1.93. The molecule has 0 aliphatic heterocycles. The highest BCUT2D eigenvalue weighted by Crippen LogP contribution is 2.12. The van der Waals surface area contributed by atoms with Crippen molar-refractivity contribution in [3.05, 3.63) is 29.8 Å². The first-order valence-electron chi connectivity index (χ1n) is 3.15. The average molecular weight is 163 g/mol. The molecule has 12 heavy (non-hydrogen) atoms. The molecule has 0 radical (unpaired) electrons. The average Bonchev–Trinajstić information content (AvgIpc) is 2.05. The Balaban J connectivity index is 3.11. The monoisotopic (exact) mass is 163 g/mol. The summed E-state index contributed by atoms with van der Waals surface area (Å²) in [6, 6.07) is 5.76. The number of benzene rings is 1. The van der Waals surface area contributed by atoms with E-state index in [-0.39, 0.29) is 5.56 Å². The summed E-state index contributed by atoms with van der Waals surface area (Å²) in [5, 5.41) is 8.54. The first kappa shape index (κ1) is 8.17. The maximum atomic E-state index is 10.4. The van der Waals surface area contributed by atoms with Crippen LogP contribution in [0.5, 0.6) is 0 Å². The van der Waals surface area contributed by atoms with Crippen LogP contribution in [-0.2, 0) is 4.79 Å². The van der Waals surface area contributed by atoms with Gasteiger partial charge >= 0.3 is 5.97 Å². The lowest BCUT2D eigenvalue weighted by Gasteiger charge is -1.93. The van der Waals surface area contributed by atoms with Gasteiger partial charge in [0.1, 0.15) is 0 Å². The Labute approximate surface area is 68.2 Å². The van der Waals surface area contributed by atoms with E-state index in [2.05, 4.69) is 4.99 Å². The zero-order valence-electron chi connectivity index (χ0n) is 6.02. The number of carbonyl (C=O) groups is 1. The fourth-order valence-electron chi connectivity index (χ4n) is 0.761. The van der Waals surface area contributed by atoms with Gasteiger partial charge in [-0.1, -0.05) is 6.07 Å². The van der Waals surface area contributed by atoms with Crippen LogP contribution < -0.4 is 0 Å². The van der Waals surface area contributed by atoms with Gasteiger partial charge in [0.25, 0.3) is 0 Å². The molecule has 0 amide bonds. The second-order valence-electron chi connectivity index (χ2n) is 2.06.